The summed E-state index contributed by atoms with van der Waals surface area (Å²) >= 11 is 0. The van der Waals surface area contributed by atoms with Crippen LogP contribution < -0.4 is 0 Å². The van der Waals surface area contributed by atoms with E-state index in [0.717, 1.165) is 0 Å². The zero-order valence-electron chi connectivity index (χ0n) is 6.91. The predicted octanol–water partition coefficient (Wildman–Crippen LogP) is 0.830. The van der Waals surface area contributed by atoms with Gasteiger partial charge < -0.3 is 9.63 Å². The molecule has 0 aliphatic carbocycles. The number of aromatic carboxylic acids is 1. The molecule has 70 valence electrons. The summed E-state index contributed by atoms with van der Waals surface area (Å²) in [5, 5.41) is 15.6. The van der Waals surface area contributed by atoms with Crippen LogP contribution in [0.4, 0.5) is 0 Å². The first-order valence-corrected chi connectivity index (χ1v) is 3.75. The number of carboxylic acids is 1. The number of hydrogen-bond acceptors (Lipinski definition) is 5. The smallest absolute Gasteiger partial charge is 0.354 e. The van der Waals surface area contributed by atoms with E-state index in [4.69, 9.17) is 5.11 Å². The van der Waals surface area contributed by atoms with Crippen LogP contribution in [0.15, 0.2) is 29.0 Å². The second kappa shape index (κ2) is 3.25. The maximum Gasteiger partial charge on any atom is 0.354 e. The Kier molecular flexibility index (Phi) is 1.94. The van der Waals surface area contributed by atoms with Crippen molar-refractivity contribution in [1.29, 1.82) is 0 Å². The monoisotopic (exact) mass is 191 g/mol. The van der Waals surface area contributed by atoms with Gasteiger partial charge >= 0.3 is 5.97 Å². The highest BCUT2D eigenvalue weighted by molar-refractivity contribution is 5.85. The Labute approximate surface area is 78.2 Å². The van der Waals surface area contributed by atoms with E-state index in [-0.39, 0.29) is 5.69 Å². The maximum atomic E-state index is 10.6. The molecule has 0 aliphatic rings. The van der Waals surface area contributed by atoms with Crippen molar-refractivity contribution in [3.8, 4) is 11.4 Å². The van der Waals surface area contributed by atoms with Gasteiger partial charge in [0.2, 0.25) is 0 Å². The SMILES string of the molecule is O=C(O)c1cccc(-c2conn2)n1. The molecule has 0 amide bonds. The maximum absolute atomic E-state index is 10.6. The number of carboxylic acid groups (broad SMARTS) is 1. The standard InChI is InChI=1S/C8H5N3O3/c12-8(13)6-3-1-2-5(9-6)7-4-14-11-10-7/h1-4H,(H,12,13). The van der Waals surface area contributed by atoms with Crippen molar-refractivity contribution in [3.63, 3.8) is 0 Å². The van der Waals surface area contributed by atoms with Crippen LogP contribution in [-0.4, -0.2) is 26.4 Å². The van der Waals surface area contributed by atoms with Crippen LogP contribution >= 0.6 is 0 Å². The van der Waals surface area contributed by atoms with E-state index >= 15 is 0 Å². The lowest BCUT2D eigenvalue weighted by Crippen LogP contribution is -2.00. The third-order valence-electron chi connectivity index (χ3n) is 1.59. The fourth-order valence-electron chi connectivity index (χ4n) is 0.973. The average molecular weight is 191 g/mol. The zero-order valence-corrected chi connectivity index (χ0v) is 6.91. The first-order chi connectivity index (χ1) is 6.77. The molecule has 0 fully saturated rings. The van der Waals surface area contributed by atoms with E-state index in [1.165, 1.54) is 12.3 Å². The molecule has 0 aromatic carbocycles. The van der Waals surface area contributed by atoms with Crippen LogP contribution in [0.2, 0.25) is 0 Å². The molecule has 0 atom stereocenters. The normalized spacial score (nSPS) is 10.0. The van der Waals surface area contributed by atoms with Crippen molar-refractivity contribution < 1.29 is 14.4 Å². The van der Waals surface area contributed by atoms with Crippen molar-refractivity contribution in [3.05, 3.63) is 30.2 Å². The lowest BCUT2D eigenvalue weighted by atomic mass is 10.2. The fourth-order valence-corrected chi connectivity index (χ4v) is 0.973. The molecule has 2 aromatic rings. The first kappa shape index (κ1) is 8.36. The van der Waals surface area contributed by atoms with Crippen LogP contribution in [-0.2, 0) is 0 Å². The summed E-state index contributed by atoms with van der Waals surface area (Å²) < 4.78 is 4.52. The van der Waals surface area contributed by atoms with E-state index in [1.54, 1.807) is 12.1 Å². The van der Waals surface area contributed by atoms with Crippen molar-refractivity contribution in [2.75, 3.05) is 0 Å². The summed E-state index contributed by atoms with van der Waals surface area (Å²) in [4.78, 5) is 14.5. The van der Waals surface area contributed by atoms with Crippen molar-refractivity contribution >= 4 is 5.97 Å². The molecule has 0 radical (unpaired) electrons. The zero-order chi connectivity index (χ0) is 9.97. The number of carbonyl (C=O) groups is 1. The molecule has 2 aromatic heterocycles. The molecule has 6 nitrogen and oxygen atoms in total. The topological polar surface area (TPSA) is 89.1 Å². The summed E-state index contributed by atoms with van der Waals surface area (Å²) in [7, 11) is 0. The van der Waals surface area contributed by atoms with Crippen LogP contribution in [0.3, 0.4) is 0 Å². The number of hydrogen-bond donors (Lipinski definition) is 1. The number of pyridine rings is 1. The molecular weight excluding hydrogens is 186 g/mol. The van der Waals surface area contributed by atoms with Gasteiger partial charge in [0.05, 0.1) is 5.69 Å². The largest absolute Gasteiger partial charge is 0.477 e. The second-order valence-corrected chi connectivity index (χ2v) is 2.50. The molecule has 6 heteroatoms. The lowest BCUT2D eigenvalue weighted by molar-refractivity contribution is 0.0690. The second-order valence-electron chi connectivity index (χ2n) is 2.50. The molecule has 0 unspecified atom stereocenters. The summed E-state index contributed by atoms with van der Waals surface area (Å²) in [6.07, 6.45) is 1.30. The predicted molar refractivity (Wildman–Crippen MR) is 44.5 cm³/mol. The van der Waals surface area contributed by atoms with E-state index in [1.807, 2.05) is 0 Å². The highest BCUT2D eigenvalue weighted by Gasteiger charge is 2.08. The Balaban J connectivity index is 2.46. The minimum Gasteiger partial charge on any atom is -0.477 e. The molecule has 0 bridgehead atoms. The van der Waals surface area contributed by atoms with Gasteiger partial charge in [0.15, 0.2) is 12.0 Å². The van der Waals surface area contributed by atoms with Gasteiger partial charge in [0, 0.05) is 5.27 Å². The number of nitrogens with zero attached hydrogens (tertiary/aromatic N) is 3. The van der Waals surface area contributed by atoms with Crippen molar-refractivity contribution in [1.82, 2.24) is 15.4 Å². The Morgan fingerprint density at radius 2 is 2.21 bits per heavy atom. The van der Waals surface area contributed by atoms with Gasteiger partial charge in [-0.2, -0.15) is 0 Å². The molecule has 1 N–H and O–H groups in total. The van der Waals surface area contributed by atoms with Gasteiger partial charge in [-0.3, -0.25) is 0 Å². The van der Waals surface area contributed by atoms with Crippen LogP contribution in [0, 0.1) is 0 Å². The molecule has 0 saturated heterocycles. The molecule has 0 aliphatic heterocycles. The number of aromatic nitrogens is 3. The molecular formula is C8H5N3O3. The average Bonchev–Trinajstić information content (AvgIpc) is 2.71. The fraction of sp³-hybridized carbons (Fsp3) is 0. The van der Waals surface area contributed by atoms with E-state index in [2.05, 4.69) is 19.9 Å². The summed E-state index contributed by atoms with van der Waals surface area (Å²) in [6.45, 7) is 0. The Morgan fingerprint density at radius 3 is 2.86 bits per heavy atom. The van der Waals surface area contributed by atoms with Crippen LogP contribution in [0.5, 0.6) is 0 Å². The molecule has 0 saturated carbocycles. The molecule has 2 heterocycles. The van der Waals surface area contributed by atoms with Gasteiger partial charge in [-0.15, -0.1) is 5.10 Å². The Morgan fingerprint density at radius 1 is 1.36 bits per heavy atom. The third kappa shape index (κ3) is 1.45. The van der Waals surface area contributed by atoms with Gasteiger partial charge in [-0.05, 0) is 12.1 Å². The summed E-state index contributed by atoms with van der Waals surface area (Å²) in [6, 6.07) is 4.62. The van der Waals surface area contributed by atoms with Gasteiger partial charge in [-0.1, -0.05) is 6.07 Å². The van der Waals surface area contributed by atoms with E-state index in [9.17, 15) is 4.79 Å². The molecule has 14 heavy (non-hydrogen) atoms. The van der Waals surface area contributed by atoms with Gasteiger partial charge in [0.25, 0.3) is 0 Å². The van der Waals surface area contributed by atoms with Crippen LogP contribution in [0.1, 0.15) is 10.5 Å². The third-order valence-corrected chi connectivity index (χ3v) is 1.59. The minimum atomic E-state index is -1.08. The number of rotatable bonds is 2. The van der Waals surface area contributed by atoms with Gasteiger partial charge in [0.1, 0.15) is 5.69 Å². The first-order valence-electron chi connectivity index (χ1n) is 3.75. The summed E-state index contributed by atoms with van der Waals surface area (Å²) in [5.41, 5.74) is 0.796. The lowest BCUT2D eigenvalue weighted by Gasteiger charge is -1.95. The van der Waals surface area contributed by atoms with Crippen molar-refractivity contribution in [2.24, 2.45) is 0 Å². The quantitative estimate of drug-likeness (QED) is 0.756. The highest BCUT2D eigenvalue weighted by atomic mass is 16.5. The van der Waals surface area contributed by atoms with E-state index in [0.29, 0.717) is 11.4 Å². The summed E-state index contributed by atoms with van der Waals surface area (Å²) in [5.74, 6) is -1.08. The Hall–Kier alpha value is -2.24. The van der Waals surface area contributed by atoms with Crippen LogP contribution in [0.25, 0.3) is 11.4 Å². The van der Waals surface area contributed by atoms with Crippen molar-refractivity contribution in [2.45, 2.75) is 0 Å². The van der Waals surface area contributed by atoms with E-state index < -0.39 is 5.97 Å². The van der Waals surface area contributed by atoms with Gasteiger partial charge in [-0.25, -0.2) is 9.78 Å². The molecule has 2 rings (SSSR count). The highest BCUT2D eigenvalue weighted by Crippen LogP contribution is 2.12. The minimum absolute atomic E-state index is 0.0366. The molecule has 0 spiro atoms. The Bertz CT molecular complexity index is 453.